The summed E-state index contributed by atoms with van der Waals surface area (Å²) in [6.07, 6.45) is 3.16. The summed E-state index contributed by atoms with van der Waals surface area (Å²) in [6, 6.07) is 14.5. The molecule has 3 nitrogen and oxygen atoms in total. The van der Waals surface area contributed by atoms with Gasteiger partial charge in [0.05, 0.1) is 6.42 Å². The summed E-state index contributed by atoms with van der Waals surface area (Å²) in [5.41, 5.74) is 3.21. The van der Waals surface area contributed by atoms with Gasteiger partial charge in [-0.2, -0.15) is 4.57 Å². The van der Waals surface area contributed by atoms with Crippen LogP contribution in [0.3, 0.4) is 0 Å². The van der Waals surface area contributed by atoms with Crippen molar-refractivity contribution in [1.29, 1.82) is 0 Å². The average Bonchev–Trinajstić information content (AvgIpc) is 2.46. The van der Waals surface area contributed by atoms with E-state index in [2.05, 4.69) is 42.0 Å². The van der Waals surface area contributed by atoms with Crippen LogP contribution in [0.25, 0.3) is 0 Å². The highest BCUT2D eigenvalue weighted by atomic mass is 79.9. The van der Waals surface area contributed by atoms with Crippen LogP contribution >= 0.6 is 0 Å². The van der Waals surface area contributed by atoms with Crippen molar-refractivity contribution in [2.75, 3.05) is 0 Å². The molecule has 0 aliphatic carbocycles. The number of esters is 1. The van der Waals surface area contributed by atoms with E-state index in [4.69, 9.17) is 4.74 Å². The fourth-order valence-electron chi connectivity index (χ4n) is 2.59. The molecule has 0 spiro atoms. The topological polar surface area (TPSA) is 30.2 Å². The molecule has 0 saturated carbocycles. The second-order valence-corrected chi connectivity index (χ2v) is 6.84. The Balaban J connectivity index is 0.00000288. The smallest absolute Gasteiger partial charge is 0.306 e. The van der Waals surface area contributed by atoms with E-state index in [1.807, 2.05) is 39.0 Å². The molecule has 24 heavy (non-hydrogen) atoms. The minimum absolute atomic E-state index is 0. The zero-order valence-corrected chi connectivity index (χ0v) is 16.5. The number of hydrogen-bond acceptors (Lipinski definition) is 2. The first-order valence-electron chi connectivity index (χ1n) is 8.09. The first kappa shape index (κ1) is 20.4. The highest BCUT2D eigenvalue weighted by molar-refractivity contribution is 5.70. The molecule has 0 radical (unpaired) electrons. The van der Waals surface area contributed by atoms with E-state index in [-0.39, 0.29) is 23.0 Å². The van der Waals surface area contributed by atoms with Crippen molar-refractivity contribution in [2.45, 2.75) is 52.7 Å². The summed E-state index contributed by atoms with van der Waals surface area (Å²) in [5.74, 6) is -0.146. The van der Waals surface area contributed by atoms with Crippen LogP contribution in [-0.4, -0.2) is 11.6 Å². The molecule has 1 heterocycles. The van der Waals surface area contributed by atoms with Crippen molar-refractivity contribution in [3.63, 3.8) is 0 Å². The van der Waals surface area contributed by atoms with Crippen molar-refractivity contribution in [3.05, 3.63) is 65.5 Å². The minimum atomic E-state index is -0.428. The van der Waals surface area contributed by atoms with Crippen LogP contribution in [0.15, 0.2) is 48.7 Å². The molecule has 1 aromatic carbocycles. The first-order valence-corrected chi connectivity index (χ1v) is 8.09. The van der Waals surface area contributed by atoms with E-state index in [9.17, 15) is 4.79 Å². The summed E-state index contributed by atoms with van der Waals surface area (Å²) in [5, 5.41) is 0. The van der Waals surface area contributed by atoms with Gasteiger partial charge in [-0.25, -0.2) is 0 Å². The molecule has 0 amide bonds. The van der Waals surface area contributed by atoms with Crippen LogP contribution in [0.1, 0.15) is 44.0 Å². The Bertz CT molecular complexity index is 663. The maximum atomic E-state index is 12.0. The third-order valence-electron chi connectivity index (χ3n) is 3.60. The van der Waals surface area contributed by atoms with E-state index < -0.39 is 5.60 Å². The third kappa shape index (κ3) is 6.44. The predicted octanol–water partition coefficient (Wildman–Crippen LogP) is 0.609. The molecule has 0 bridgehead atoms. The monoisotopic (exact) mass is 391 g/mol. The molecule has 0 aliphatic rings. The molecule has 4 heteroatoms. The SMILES string of the molecule is Cc1ccc[n+](Cc2ccccc2)c1CCC(=O)OC(C)(C)C.[Br-]. The fraction of sp³-hybridized carbons (Fsp3) is 0.400. The van der Waals surface area contributed by atoms with Gasteiger partial charge >= 0.3 is 5.97 Å². The van der Waals surface area contributed by atoms with Gasteiger partial charge in [0.2, 0.25) is 0 Å². The first-order chi connectivity index (χ1) is 10.8. The molecule has 0 N–H and O–H groups in total. The maximum Gasteiger partial charge on any atom is 0.306 e. The van der Waals surface area contributed by atoms with Crippen molar-refractivity contribution < 1.29 is 31.1 Å². The van der Waals surface area contributed by atoms with Gasteiger partial charge in [-0.3, -0.25) is 4.79 Å². The molecule has 130 valence electrons. The number of aromatic nitrogens is 1. The maximum absolute atomic E-state index is 12.0. The van der Waals surface area contributed by atoms with E-state index in [0.29, 0.717) is 12.8 Å². The fourth-order valence-corrected chi connectivity index (χ4v) is 2.59. The highest BCUT2D eigenvalue weighted by Gasteiger charge is 2.19. The second-order valence-electron chi connectivity index (χ2n) is 6.84. The van der Waals surface area contributed by atoms with Gasteiger partial charge in [0.1, 0.15) is 5.60 Å². The summed E-state index contributed by atoms with van der Waals surface area (Å²) >= 11 is 0. The summed E-state index contributed by atoms with van der Waals surface area (Å²) in [6.45, 7) is 8.59. The summed E-state index contributed by atoms with van der Waals surface area (Å²) in [4.78, 5) is 12.0. The Labute approximate surface area is 155 Å². The van der Waals surface area contributed by atoms with Crippen molar-refractivity contribution in [3.8, 4) is 0 Å². The van der Waals surface area contributed by atoms with Crippen molar-refractivity contribution >= 4 is 5.97 Å². The second kappa shape index (κ2) is 8.97. The molecular formula is C20H26BrNO2. The average molecular weight is 392 g/mol. The number of rotatable bonds is 5. The molecule has 2 aromatic rings. The van der Waals surface area contributed by atoms with Crippen LogP contribution in [-0.2, 0) is 22.5 Å². The minimum Gasteiger partial charge on any atom is -1.00 e. The third-order valence-corrected chi connectivity index (χ3v) is 3.60. The highest BCUT2D eigenvalue weighted by Crippen LogP contribution is 2.11. The standard InChI is InChI=1S/C20H26NO2.BrH/c1-16-9-8-14-21(15-17-10-6-5-7-11-17)18(16)12-13-19(22)23-20(2,3)4;/h5-11,14H,12-13,15H2,1-4H3;1H/q+1;/p-1. The van der Waals surface area contributed by atoms with Gasteiger partial charge in [0.15, 0.2) is 18.4 Å². The summed E-state index contributed by atoms with van der Waals surface area (Å²) in [7, 11) is 0. The predicted molar refractivity (Wildman–Crippen MR) is 91.1 cm³/mol. The Hall–Kier alpha value is -1.68. The van der Waals surface area contributed by atoms with E-state index >= 15 is 0 Å². The van der Waals surface area contributed by atoms with Crippen LogP contribution < -0.4 is 21.5 Å². The molecule has 0 unspecified atom stereocenters. The number of aryl methyl sites for hydroxylation is 1. The van der Waals surface area contributed by atoms with Crippen LogP contribution in [0.4, 0.5) is 0 Å². The lowest BCUT2D eigenvalue weighted by molar-refractivity contribution is -0.696. The molecule has 1 aromatic heterocycles. The molecule has 0 aliphatic heterocycles. The van der Waals surface area contributed by atoms with Gasteiger partial charge in [-0.05, 0) is 33.8 Å². The van der Waals surface area contributed by atoms with Crippen LogP contribution in [0, 0.1) is 6.92 Å². The van der Waals surface area contributed by atoms with E-state index in [1.165, 1.54) is 16.8 Å². The van der Waals surface area contributed by atoms with Gasteiger partial charge in [-0.1, -0.05) is 30.3 Å². The molecule has 0 fully saturated rings. The number of hydrogen-bond donors (Lipinski definition) is 0. The zero-order valence-electron chi connectivity index (χ0n) is 14.9. The number of ether oxygens (including phenoxy) is 1. The number of nitrogens with zero attached hydrogens (tertiary/aromatic N) is 1. The summed E-state index contributed by atoms with van der Waals surface area (Å²) < 4.78 is 7.63. The van der Waals surface area contributed by atoms with E-state index in [1.54, 1.807) is 0 Å². The van der Waals surface area contributed by atoms with Crippen LogP contribution in [0.2, 0.25) is 0 Å². The lowest BCUT2D eigenvalue weighted by atomic mass is 10.1. The largest absolute Gasteiger partial charge is 1.00 e. The van der Waals surface area contributed by atoms with Crippen molar-refractivity contribution in [2.24, 2.45) is 0 Å². The molecule has 2 rings (SSSR count). The van der Waals surface area contributed by atoms with Gasteiger partial charge < -0.3 is 21.7 Å². The molecule has 0 saturated heterocycles. The Morgan fingerprint density at radius 3 is 2.38 bits per heavy atom. The van der Waals surface area contributed by atoms with Gasteiger partial charge in [0, 0.05) is 23.6 Å². The Kier molecular flexibility index (Phi) is 7.61. The molecule has 0 atom stereocenters. The quantitative estimate of drug-likeness (QED) is 0.552. The zero-order chi connectivity index (χ0) is 16.9. The van der Waals surface area contributed by atoms with Crippen molar-refractivity contribution in [1.82, 2.24) is 0 Å². The number of halogens is 1. The van der Waals surface area contributed by atoms with Gasteiger partial charge in [0.25, 0.3) is 0 Å². The lowest BCUT2D eigenvalue weighted by Crippen LogP contribution is -3.00. The lowest BCUT2D eigenvalue weighted by Gasteiger charge is -2.19. The number of pyridine rings is 1. The number of carbonyl (C=O) groups is 1. The molecular weight excluding hydrogens is 366 g/mol. The Morgan fingerprint density at radius 2 is 1.75 bits per heavy atom. The number of benzene rings is 1. The number of carbonyl (C=O) groups excluding carboxylic acids is 1. The van der Waals surface area contributed by atoms with Gasteiger partial charge in [-0.15, -0.1) is 0 Å². The van der Waals surface area contributed by atoms with Crippen LogP contribution in [0.5, 0.6) is 0 Å². The Morgan fingerprint density at radius 1 is 1.08 bits per heavy atom. The normalized spacial score (nSPS) is 10.8. The van der Waals surface area contributed by atoms with E-state index in [0.717, 1.165) is 6.54 Å².